The van der Waals surface area contributed by atoms with Gasteiger partial charge in [0.25, 0.3) is 5.91 Å². The van der Waals surface area contributed by atoms with Crippen molar-refractivity contribution in [3.8, 4) is 0 Å². The number of amides is 1. The van der Waals surface area contributed by atoms with Crippen LogP contribution in [0, 0.1) is 0 Å². The van der Waals surface area contributed by atoms with Gasteiger partial charge in [0.15, 0.2) is 0 Å². The summed E-state index contributed by atoms with van der Waals surface area (Å²) in [6, 6.07) is 14.4. The second kappa shape index (κ2) is 8.58. The summed E-state index contributed by atoms with van der Waals surface area (Å²) in [6.45, 7) is 2.95. The van der Waals surface area contributed by atoms with Crippen LogP contribution >= 0.6 is 0 Å². The lowest BCUT2D eigenvalue weighted by molar-refractivity contribution is 0.0950. The predicted octanol–water partition coefficient (Wildman–Crippen LogP) is 1.95. The molecule has 3 aromatic rings. The van der Waals surface area contributed by atoms with Gasteiger partial charge in [0.05, 0.1) is 24.0 Å². The van der Waals surface area contributed by atoms with Crippen molar-refractivity contribution in [3.05, 3.63) is 84.1 Å². The van der Waals surface area contributed by atoms with Crippen LogP contribution in [0.1, 0.15) is 27.7 Å². The molecule has 28 heavy (non-hydrogen) atoms. The summed E-state index contributed by atoms with van der Waals surface area (Å²) < 4.78 is 0. The number of carbonyl (C=O) groups is 1. The Balaban J connectivity index is 1.38. The fraction of sp³-hybridized carbons (Fsp3) is 0.238. The molecule has 7 nitrogen and oxygen atoms in total. The van der Waals surface area contributed by atoms with E-state index in [9.17, 15) is 4.79 Å². The summed E-state index contributed by atoms with van der Waals surface area (Å²) in [5.41, 5.74) is 2.52. The number of pyridine rings is 1. The molecule has 7 heteroatoms. The van der Waals surface area contributed by atoms with Crippen LogP contribution in [0.4, 0.5) is 5.82 Å². The van der Waals surface area contributed by atoms with Crippen LogP contribution in [0.25, 0.3) is 0 Å². The molecule has 1 unspecified atom stereocenters. The van der Waals surface area contributed by atoms with E-state index in [-0.39, 0.29) is 11.9 Å². The van der Waals surface area contributed by atoms with Gasteiger partial charge in [0.1, 0.15) is 5.82 Å². The van der Waals surface area contributed by atoms with Crippen molar-refractivity contribution in [1.29, 1.82) is 0 Å². The number of hydrogen-bond acceptors (Lipinski definition) is 6. The molecule has 1 saturated heterocycles. The molecule has 1 aliphatic rings. The lowest BCUT2D eigenvalue weighted by Crippen LogP contribution is -2.46. The summed E-state index contributed by atoms with van der Waals surface area (Å²) in [4.78, 5) is 27.2. The fourth-order valence-corrected chi connectivity index (χ4v) is 3.27. The predicted molar refractivity (Wildman–Crippen MR) is 107 cm³/mol. The minimum Gasteiger partial charge on any atom is -0.353 e. The highest BCUT2D eigenvalue weighted by Gasteiger charge is 2.21. The number of anilines is 1. The van der Waals surface area contributed by atoms with Crippen molar-refractivity contribution < 1.29 is 4.79 Å². The molecular weight excluding hydrogens is 352 g/mol. The number of nitrogens with one attached hydrogen (secondary N) is 2. The molecule has 1 aromatic carbocycles. The average Bonchev–Trinajstić information content (AvgIpc) is 2.79. The first kappa shape index (κ1) is 18.1. The molecule has 142 valence electrons. The average molecular weight is 374 g/mol. The van der Waals surface area contributed by atoms with Crippen molar-refractivity contribution >= 4 is 11.7 Å². The first-order valence-corrected chi connectivity index (χ1v) is 9.32. The lowest BCUT2D eigenvalue weighted by Gasteiger charge is -2.34. The highest BCUT2D eigenvalue weighted by Crippen LogP contribution is 2.21. The summed E-state index contributed by atoms with van der Waals surface area (Å²) in [5, 5.41) is 6.39. The summed E-state index contributed by atoms with van der Waals surface area (Å²) in [7, 11) is 0. The Morgan fingerprint density at radius 3 is 2.75 bits per heavy atom. The van der Waals surface area contributed by atoms with Gasteiger partial charge >= 0.3 is 0 Å². The van der Waals surface area contributed by atoms with Gasteiger partial charge in [-0.2, -0.15) is 0 Å². The molecule has 4 rings (SSSR count). The van der Waals surface area contributed by atoms with Gasteiger partial charge in [-0.05, 0) is 17.7 Å². The molecule has 2 aromatic heterocycles. The van der Waals surface area contributed by atoms with Gasteiger partial charge in [-0.15, -0.1) is 0 Å². The van der Waals surface area contributed by atoms with Crippen LogP contribution in [0.3, 0.4) is 0 Å². The molecule has 0 spiro atoms. The summed E-state index contributed by atoms with van der Waals surface area (Å²) in [5.74, 6) is 0.708. The van der Waals surface area contributed by atoms with Gasteiger partial charge < -0.3 is 15.5 Å². The maximum absolute atomic E-state index is 12.3. The Kier molecular flexibility index (Phi) is 5.53. The van der Waals surface area contributed by atoms with Crippen LogP contribution < -0.4 is 15.5 Å². The van der Waals surface area contributed by atoms with E-state index in [1.807, 2.05) is 18.2 Å². The molecule has 3 heterocycles. The van der Waals surface area contributed by atoms with Crippen LogP contribution in [0.15, 0.2) is 67.3 Å². The molecule has 1 amide bonds. The third-order valence-corrected chi connectivity index (χ3v) is 4.76. The number of piperazine rings is 1. The molecule has 0 saturated carbocycles. The van der Waals surface area contributed by atoms with Gasteiger partial charge in [0.2, 0.25) is 0 Å². The third kappa shape index (κ3) is 4.32. The van der Waals surface area contributed by atoms with Crippen molar-refractivity contribution in [2.45, 2.75) is 12.6 Å². The van der Waals surface area contributed by atoms with Crippen molar-refractivity contribution in [1.82, 2.24) is 25.6 Å². The Morgan fingerprint density at radius 1 is 1.11 bits per heavy atom. The Hall–Kier alpha value is -3.32. The molecule has 1 aliphatic heterocycles. The van der Waals surface area contributed by atoms with E-state index >= 15 is 0 Å². The standard InChI is InChI=1S/C21H22N6O/c28-21(26-14-18-13-22-8-9-23-18)17-6-7-20(25-12-17)27-11-10-24-19(15-27)16-4-2-1-3-5-16/h1-9,12-13,19,24H,10-11,14-15H2,(H,26,28). The minimum atomic E-state index is -0.174. The topological polar surface area (TPSA) is 83.0 Å². The molecule has 0 aliphatic carbocycles. The lowest BCUT2D eigenvalue weighted by atomic mass is 10.0. The van der Waals surface area contributed by atoms with Crippen LogP contribution in [0.5, 0.6) is 0 Å². The molecular formula is C21H22N6O. The molecule has 1 atom stereocenters. The molecule has 2 N–H and O–H groups in total. The number of benzene rings is 1. The van der Waals surface area contributed by atoms with E-state index in [2.05, 4.69) is 54.8 Å². The van der Waals surface area contributed by atoms with Gasteiger partial charge in [0, 0.05) is 44.3 Å². The smallest absolute Gasteiger partial charge is 0.253 e. The third-order valence-electron chi connectivity index (χ3n) is 4.76. The van der Waals surface area contributed by atoms with E-state index in [1.54, 1.807) is 24.8 Å². The number of hydrogen-bond donors (Lipinski definition) is 2. The maximum atomic E-state index is 12.3. The van der Waals surface area contributed by atoms with E-state index in [0.29, 0.717) is 17.8 Å². The molecule has 1 fully saturated rings. The van der Waals surface area contributed by atoms with E-state index < -0.39 is 0 Å². The Labute approximate surface area is 163 Å². The monoisotopic (exact) mass is 374 g/mol. The zero-order valence-electron chi connectivity index (χ0n) is 15.5. The highest BCUT2D eigenvalue weighted by atomic mass is 16.1. The fourth-order valence-electron chi connectivity index (χ4n) is 3.27. The number of aromatic nitrogens is 3. The zero-order valence-corrected chi connectivity index (χ0v) is 15.5. The number of rotatable bonds is 5. The normalized spacial score (nSPS) is 16.6. The SMILES string of the molecule is O=C(NCc1cnccn1)c1ccc(N2CCNC(c3ccccc3)C2)nc1. The highest BCUT2D eigenvalue weighted by molar-refractivity contribution is 5.93. The van der Waals surface area contributed by atoms with Crippen molar-refractivity contribution in [3.63, 3.8) is 0 Å². The van der Waals surface area contributed by atoms with Crippen LogP contribution in [-0.2, 0) is 6.54 Å². The van der Waals surface area contributed by atoms with E-state index in [0.717, 1.165) is 25.5 Å². The summed E-state index contributed by atoms with van der Waals surface area (Å²) >= 11 is 0. The molecule has 0 bridgehead atoms. The first-order chi connectivity index (χ1) is 13.8. The number of nitrogens with zero attached hydrogens (tertiary/aromatic N) is 4. The Morgan fingerprint density at radius 2 is 2.00 bits per heavy atom. The van der Waals surface area contributed by atoms with E-state index in [4.69, 9.17) is 0 Å². The van der Waals surface area contributed by atoms with Crippen molar-refractivity contribution in [2.24, 2.45) is 0 Å². The van der Waals surface area contributed by atoms with Crippen LogP contribution in [-0.4, -0.2) is 40.5 Å². The minimum absolute atomic E-state index is 0.174. The van der Waals surface area contributed by atoms with Gasteiger partial charge in [-0.25, -0.2) is 4.98 Å². The van der Waals surface area contributed by atoms with Crippen LogP contribution in [0.2, 0.25) is 0 Å². The quantitative estimate of drug-likeness (QED) is 0.710. The zero-order chi connectivity index (χ0) is 19.2. The van der Waals surface area contributed by atoms with Gasteiger partial charge in [-0.3, -0.25) is 14.8 Å². The maximum Gasteiger partial charge on any atom is 0.253 e. The molecule has 0 radical (unpaired) electrons. The van der Waals surface area contributed by atoms with E-state index in [1.165, 1.54) is 5.56 Å². The van der Waals surface area contributed by atoms with Gasteiger partial charge in [-0.1, -0.05) is 30.3 Å². The number of carbonyl (C=O) groups excluding carboxylic acids is 1. The largest absolute Gasteiger partial charge is 0.353 e. The Bertz CT molecular complexity index is 901. The van der Waals surface area contributed by atoms with Crippen molar-refractivity contribution in [2.75, 3.05) is 24.5 Å². The second-order valence-corrected chi connectivity index (χ2v) is 6.65. The summed E-state index contributed by atoms with van der Waals surface area (Å²) in [6.07, 6.45) is 6.47. The second-order valence-electron chi connectivity index (χ2n) is 6.65. The first-order valence-electron chi connectivity index (χ1n) is 9.32.